The summed E-state index contributed by atoms with van der Waals surface area (Å²) < 4.78 is 5.93. The zero-order valence-corrected chi connectivity index (χ0v) is 15.8. The molecule has 136 valence electrons. The Kier molecular flexibility index (Phi) is 3.09. The lowest BCUT2D eigenvalue weighted by molar-refractivity contribution is -0.199. The fourth-order valence-corrected chi connectivity index (χ4v) is 6.82. The number of furan rings is 1. The topological polar surface area (TPSA) is 30.2 Å². The third kappa shape index (κ3) is 1.96. The molecule has 6 fully saturated rings. The number of carbonyl (C=O) groups excluding carboxylic acids is 1. The van der Waals surface area contributed by atoms with Crippen LogP contribution >= 0.6 is 0 Å². The van der Waals surface area contributed by atoms with Gasteiger partial charge in [-0.25, -0.2) is 0 Å². The van der Waals surface area contributed by atoms with Crippen LogP contribution in [0.25, 0.3) is 5.57 Å². The molecule has 6 aliphatic rings. The molecule has 1 heterocycles. The molecule has 6 aliphatic carbocycles. The van der Waals surface area contributed by atoms with Crippen LogP contribution in [0.4, 0.5) is 0 Å². The lowest BCUT2D eigenvalue weighted by atomic mass is 9.33. The molecule has 0 aromatic carbocycles. The zero-order chi connectivity index (χ0) is 18.2. The SMILES string of the molecule is C=CCC12CC(C(=O)/C=C(\C)c3coc(C45CC(CC=C)(C4)C5)c3)(C1)C2. The summed E-state index contributed by atoms with van der Waals surface area (Å²) in [6, 6.07) is 2.18. The van der Waals surface area contributed by atoms with Crippen molar-refractivity contribution in [3.63, 3.8) is 0 Å². The van der Waals surface area contributed by atoms with Gasteiger partial charge in [-0.1, -0.05) is 12.2 Å². The van der Waals surface area contributed by atoms with Gasteiger partial charge in [0.25, 0.3) is 0 Å². The van der Waals surface area contributed by atoms with Crippen LogP contribution in [0.3, 0.4) is 0 Å². The second-order valence-electron chi connectivity index (χ2n) is 10.00. The summed E-state index contributed by atoms with van der Waals surface area (Å²) in [5.41, 5.74) is 3.26. The standard InChI is InChI=1S/C24H28O2/c1-4-6-21-11-23(12-21,13-21)19(25)8-17(3)18-9-20(26-10-18)24-14-22(15-24,16-24)7-5-2/h4-5,8-10H,1-2,6-7,11-16H2,3H3/b17-8+. The minimum atomic E-state index is -0.0538. The fraction of sp³-hybridized carbons (Fsp3) is 0.542. The minimum absolute atomic E-state index is 0.0538. The molecule has 2 heteroatoms. The molecule has 0 N–H and O–H groups in total. The van der Waals surface area contributed by atoms with E-state index in [0.717, 1.165) is 49.0 Å². The lowest BCUT2D eigenvalue weighted by Gasteiger charge is -2.70. The zero-order valence-electron chi connectivity index (χ0n) is 15.8. The second-order valence-corrected chi connectivity index (χ2v) is 10.00. The van der Waals surface area contributed by atoms with Crippen LogP contribution in [0.1, 0.15) is 69.6 Å². The van der Waals surface area contributed by atoms with E-state index in [4.69, 9.17) is 4.42 Å². The van der Waals surface area contributed by atoms with Gasteiger partial charge in [0.2, 0.25) is 0 Å². The van der Waals surface area contributed by atoms with Crippen molar-refractivity contribution in [1.29, 1.82) is 0 Å². The van der Waals surface area contributed by atoms with E-state index in [9.17, 15) is 4.79 Å². The number of ketones is 1. The van der Waals surface area contributed by atoms with E-state index < -0.39 is 0 Å². The summed E-state index contributed by atoms with van der Waals surface area (Å²) >= 11 is 0. The van der Waals surface area contributed by atoms with Gasteiger partial charge in [-0.15, -0.1) is 13.2 Å². The normalized spacial score (nSPS) is 42.0. The van der Waals surface area contributed by atoms with E-state index in [0.29, 0.717) is 16.6 Å². The Balaban J connectivity index is 1.25. The largest absolute Gasteiger partial charge is 0.468 e. The molecule has 0 unspecified atom stereocenters. The quantitative estimate of drug-likeness (QED) is 0.426. The molecule has 0 spiro atoms. The highest BCUT2D eigenvalue weighted by molar-refractivity contribution is 6.02. The summed E-state index contributed by atoms with van der Waals surface area (Å²) in [4.78, 5) is 12.8. The van der Waals surface area contributed by atoms with Crippen molar-refractivity contribution in [2.75, 3.05) is 0 Å². The van der Waals surface area contributed by atoms with Crippen molar-refractivity contribution in [3.05, 3.63) is 55.0 Å². The molecule has 0 saturated heterocycles. The monoisotopic (exact) mass is 348 g/mol. The molecule has 2 nitrogen and oxygen atoms in total. The number of allylic oxidation sites excluding steroid dienone is 4. The first kappa shape index (κ1) is 16.4. The van der Waals surface area contributed by atoms with E-state index in [1.807, 2.05) is 25.3 Å². The third-order valence-corrected chi connectivity index (χ3v) is 7.88. The van der Waals surface area contributed by atoms with Gasteiger partial charge in [0.05, 0.1) is 6.26 Å². The summed E-state index contributed by atoms with van der Waals surface area (Å²) in [5.74, 6) is 1.44. The molecule has 0 atom stereocenters. The van der Waals surface area contributed by atoms with Crippen molar-refractivity contribution >= 4 is 11.4 Å². The van der Waals surface area contributed by atoms with Crippen molar-refractivity contribution < 1.29 is 9.21 Å². The maximum Gasteiger partial charge on any atom is 0.162 e. The fourth-order valence-electron chi connectivity index (χ4n) is 6.82. The van der Waals surface area contributed by atoms with Crippen molar-refractivity contribution in [1.82, 2.24) is 0 Å². The molecular formula is C24H28O2. The molecule has 0 amide bonds. The van der Waals surface area contributed by atoms with Crippen molar-refractivity contribution in [3.8, 4) is 0 Å². The van der Waals surface area contributed by atoms with Crippen LogP contribution in [0.5, 0.6) is 0 Å². The highest BCUT2D eigenvalue weighted by atomic mass is 16.3. The summed E-state index contributed by atoms with van der Waals surface area (Å²) in [6.07, 6.45) is 16.8. The van der Waals surface area contributed by atoms with Gasteiger partial charge in [-0.05, 0) is 86.8 Å². The molecule has 6 saturated carbocycles. The summed E-state index contributed by atoms with van der Waals surface area (Å²) in [7, 11) is 0. The van der Waals surface area contributed by atoms with Gasteiger partial charge >= 0.3 is 0 Å². The van der Waals surface area contributed by atoms with Gasteiger partial charge in [-0.3, -0.25) is 4.79 Å². The Morgan fingerprint density at radius 2 is 1.65 bits per heavy atom. The molecule has 26 heavy (non-hydrogen) atoms. The Morgan fingerprint density at radius 3 is 2.23 bits per heavy atom. The van der Waals surface area contributed by atoms with Crippen LogP contribution in [-0.2, 0) is 10.2 Å². The van der Waals surface area contributed by atoms with Gasteiger partial charge in [-0.2, -0.15) is 0 Å². The van der Waals surface area contributed by atoms with Crippen LogP contribution in [0.15, 0.2) is 48.1 Å². The van der Waals surface area contributed by atoms with E-state index >= 15 is 0 Å². The Hall–Kier alpha value is -1.83. The maximum absolute atomic E-state index is 12.8. The highest BCUT2D eigenvalue weighted by Gasteiger charge is 2.70. The van der Waals surface area contributed by atoms with Crippen molar-refractivity contribution in [2.24, 2.45) is 16.2 Å². The highest BCUT2D eigenvalue weighted by Crippen LogP contribution is 2.76. The number of hydrogen-bond acceptors (Lipinski definition) is 2. The Bertz CT molecular complexity index is 810. The third-order valence-electron chi connectivity index (χ3n) is 7.88. The van der Waals surface area contributed by atoms with E-state index in [1.54, 1.807) is 0 Å². The number of rotatable bonds is 8. The van der Waals surface area contributed by atoms with Crippen LogP contribution in [-0.4, -0.2) is 5.78 Å². The van der Waals surface area contributed by atoms with E-state index in [1.165, 1.54) is 19.3 Å². The van der Waals surface area contributed by atoms with E-state index in [-0.39, 0.29) is 10.8 Å². The van der Waals surface area contributed by atoms with Gasteiger partial charge in [0.1, 0.15) is 5.76 Å². The Labute approximate surface area is 156 Å². The van der Waals surface area contributed by atoms with Crippen LogP contribution < -0.4 is 0 Å². The molecule has 0 radical (unpaired) electrons. The Morgan fingerprint density at radius 1 is 1.08 bits per heavy atom. The predicted molar refractivity (Wildman–Crippen MR) is 104 cm³/mol. The first-order chi connectivity index (χ1) is 12.4. The summed E-state index contributed by atoms with van der Waals surface area (Å²) in [5, 5.41) is 0. The first-order valence-corrected chi connectivity index (χ1v) is 9.92. The van der Waals surface area contributed by atoms with Crippen LogP contribution in [0, 0.1) is 16.2 Å². The molecule has 0 aliphatic heterocycles. The van der Waals surface area contributed by atoms with Gasteiger partial charge in [0, 0.05) is 16.4 Å². The molecule has 7 rings (SSSR count). The predicted octanol–water partition coefficient (Wildman–Crippen LogP) is 6.00. The van der Waals surface area contributed by atoms with E-state index in [2.05, 4.69) is 25.3 Å². The van der Waals surface area contributed by atoms with Crippen LogP contribution in [0.2, 0.25) is 0 Å². The smallest absolute Gasteiger partial charge is 0.162 e. The van der Waals surface area contributed by atoms with Crippen molar-refractivity contribution in [2.45, 2.75) is 63.7 Å². The van der Waals surface area contributed by atoms with Gasteiger partial charge < -0.3 is 4.42 Å². The minimum Gasteiger partial charge on any atom is -0.468 e. The average molecular weight is 348 g/mol. The molecular weight excluding hydrogens is 320 g/mol. The molecule has 1 aromatic rings. The van der Waals surface area contributed by atoms with Gasteiger partial charge in [0.15, 0.2) is 5.78 Å². The average Bonchev–Trinajstić information content (AvgIpc) is 2.92. The lowest BCUT2D eigenvalue weighted by Crippen LogP contribution is -2.64. The molecule has 1 aromatic heterocycles. The molecule has 4 bridgehead atoms. The maximum atomic E-state index is 12.8. The number of carbonyl (C=O) groups is 1. The summed E-state index contributed by atoms with van der Waals surface area (Å²) in [6.45, 7) is 9.77. The number of hydrogen-bond donors (Lipinski definition) is 0. The first-order valence-electron chi connectivity index (χ1n) is 9.92. The second kappa shape index (κ2) is 4.91.